The molecule has 0 atom stereocenters. The van der Waals surface area contributed by atoms with Crippen molar-refractivity contribution in [3.63, 3.8) is 0 Å². The summed E-state index contributed by atoms with van der Waals surface area (Å²) >= 11 is 3.07. The number of nitrogens with one attached hydrogen (secondary N) is 1. The molecule has 0 unspecified atom stereocenters. The highest BCUT2D eigenvalue weighted by Gasteiger charge is 2.33. The molecule has 0 aliphatic carbocycles. The Balaban J connectivity index is 2.12. The average Bonchev–Trinajstić information content (AvgIpc) is 2.84. The van der Waals surface area contributed by atoms with Crippen LogP contribution in [0.5, 0.6) is 0 Å². The molecule has 0 saturated heterocycles. The topological polar surface area (TPSA) is 17.0 Å². The smallest absolute Gasteiger partial charge is 0.380 e. The number of hydrogen-bond donors (Lipinski definition) is 1. The zero-order chi connectivity index (χ0) is 15.5. The Bertz CT molecular complexity index is 605. The Morgan fingerprint density at radius 1 is 1.24 bits per heavy atom. The maximum absolute atomic E-state index is 13.0. The van der Waals surface area contributed by atoms with Crippen LogP contribution in [0.2, 0.25) is 0 Å². The van der Waals surface area contributed by atoms with Gasteiger partial charge in [0.25, 0.3) is 0 Å². The third-order valence-corrected chi connectivity index (χ3v) is 3.56. The number of aromatic nitrogens is 1. The Hall–Kier alpha value is -1.43. The molecule has 0 amide bonds. The lowest BCUT2D eigenvalue weighted by molar-refractivity contribution is -0.137. The average molecular weight is 361 g/mol. The fraction of sp³-hybridized carbons (Fsp3) is 0.333. The first-order valence-electron chi connectivity index (χ1n) is 6.65. The molecule has 6 heteroatoms. The van der Waals surface area contributed by atoms with Crippen LogP contribution in [-0.4, -0.2) is 4.57 Å². The van der Waals surface area contributed by atoms with E-state index in [0.29, 0.717) is 11.0 Å². The van der Waals surface area contributed by atoms with Crippen molar-refractivity contribution in [1.29, 1.82) is 0 Å². The first kappa shape index (κ1) is 15.9. The molecule has 0 fully saturated rings. The monoisotopic (exact) mass is 360 g/mol. The number of anilines is 1. The Morgan fingerprint density at radius 2 is 2.00 bits per heavy atom. The summed E-state index contributed by atoms with van der Waals surface area (Å²) < 4.78 is 41.4. The van der Waals surface area contributed by atoms with E-state index in [0.717, 1.165) is 24.6 Å². The van der Waals surface area contributed by atoms with Gasteiger partial charge in [-0.2, -0.15) is 13.2 Å². The van der Waals surface area contributed by atoms with Crippen LogP contribution in [0.3, 0.4) is 0 Å². The van der Waals surface area contributed by atoms with Crippen molar-refractivity contribution in [2.24, 2.45) is 0 Å². The summed E-state index contributed by atoms with van der Waals surface area (Å²) in [4.78, 5) is 0. The van der Waals surface area contributed by atoms with Crippen LogP contribution in [0, 0.1) is 0 Å². The predicted molar refractivity (Wildman–Crippen MR) is 81.2 cm³/mol. The van der Waals surface area contributed by atoms with E-state index in [1.165, 1.54) is 6.07 Å². The molecule has 0 aliphatic heterocycles. The summed E-state index contributed by atoms with van der Waals surface area (Å²) in [6, 6.07) is 6.04. The SMILES string of the molecule is CCCn1ccc(CNc2ccc(Br)cc2C(F)(F)F)c1. The minimum Gasteiger partial charge on any atom is -0.380 e. The first-order chi connectivity index (χ1) is 9.90. The van der Waals surface area contributed by atoms with Crippen molar-refractivity contribution in [1.82, 2.24) is 4.57 Å². The van der Waals surface area contributed by atoms with Gasteiger partial charge in [0.2, 0.25) is 0 Å². The molecule has 1 N–H and O–H groups in total. The van der Waals surface area contributed by atoms with Crippen molar-refractivity contribution >= 4 is 21.6 Å². The van der Waals surface area contributed by atoms with Crippen LogP contribution in [0.4, 0.5) is 18.9 Å². The van der Waals surface area contributed by atoms with Crippen LogP contribution < -0.4 is 5.32 Å². The van der Waals surface area contributed by atoms with Crippen LogP contribution >= 0.6 is 15.9 Å². The zero-order valence-corrected chi connectivity index (χ0v) is 13.1. The molecule has 2 rings (SSSR count). The van der Waals surface area contributed by atoms with Gasteiger partial charge in [-0.25, -0.2) is 0 Å². The van der Waals surface area contributed by atoms with E-state index < -0.39 is 11.7 Å². The summed E-state index contributed by atoms with van der Waals surface area (Å²) in [7, 11) is 0. The predicted octanol–water partition coefficient (Wildman–Crippen LogP) is 5.29. The van der Waals surface area contributed by atoms with Gasteiger partial charge in [0.05, 0.1) is 5.56 Å². The number of hydrogen-bond acceptors (Lipinski definition) is 1. The van der Waals surface area contributed by atoms with E-state index in [9.17, 15) is 13.2 Å². The lowest BCUT2D eigenvalue weighted by Gasteiger charge is -2.14. The van der Waals surface area contributed by atoms with E-state index in [2.05, 4.69) is 28.2 Å². The second kappa shape index (κ2) is 6.56. The Morgan fingerprint density at radius 3 is 2.67 bits per heavy atom. The van der Waals surface area contributed by atoms with Gasteiger partial charge >= 0.3 is 6.18 Å². The molecule has 1 aromatic heterocycles. The number of alkyl halides is 3. The fourth-order valence-electron chi connectivity index (χ4n) is 2.09. The van der Waals surface area contributed by atoms with E-state index in [1.807, 2.05) is 23.0 Å². The quantitative estimate of drug-likeness (QED) is 0.766. The molecule has 0 spiro atoms. The third-order valence-electron chi connectivity index (χ3n) is 3.06. The summed E-state index contributed by atoms with van der Waals surface area (Å²) in [5.41, 5.74) is 0.387. The molecule has 2 nitrogen and oxygen atoms in total. The molecule has 114 valence electrons. The second-order valence-corrected chi connectivity index (χ2v) is 5.71. The van der Waals surface area contributed by atoms with Gasteiger partial charge in [-0.1, -0.05) is 22.9 Å². The summed E-state index contributed by atoms with van der Waals surface area (Å²) in [5, 5.41) is 2.86. The third kappa shape index (κ3) is 4.27. The molecule has 0 bridgehead atoms. The van der Waals surface area contributed by atoms with Crippen molar-refractivity contribution in [3.8, 4) is 0 Å². The molecule has 1 aromatic carbocycles. The molecule has 1 heterocycles. The maximum Gasteiger partial charge on any atom is 0.418 e. The normalized spacial score (nSPS) is 11.7. The molecule has 2 aromatic rings. The summed E-state index contributed by atoms with van der Waals surface area (Å²) in [5.74, 6) is 0. The number of aryl methyl sites for hydroxylation is 1. The van der Waals surface area contributed by atoms with Crippen molar-refractivity contribution in [2.75, 3.05) is 5.32 Å². The van der Waals surface area contributed by atoms with Gasteiger partial charge < -0.3 is 9.88 Å². The number of rotatable bonds is 5. The lowest BCUT2D eigenvalue weighted by Crippen LogP contribution is -2.10. The van der Waals surface area contributed by atoms with E-state index in [4.69, 9.17) is 0 Å². The highest BCUT2D eigenvalue weighted by atomic mass is 79.9. The van der Waals surface area contributed by atoms with Crippen LogP contribution in [0.15, 0.2) is 41.1 Å². The summed E-state index contributed by atoms with van der Waals surface area (Å²) in [6.07, 6.45) is 0.530. The standard InChI is InChI=1S/C15H16BrF3N2/c1-2-6-21-7-5-11(10-21)9-20-14-4-3-12(16)8-13(14)15(17,18)19/h3-5,7-8,10,20H,2,6,9H2,1H3. The minimum absolute atomic E-state index is 0.0916. The van der Waals surface area contributed by atoms with Gasteiger partial charge in [0, 0.05) is 35.6 Å². The van der Waals surface area contributed by atoms with Crippen molar-refractivity contribution in [3.05, 3.63) is 52.3 Å². The number of benzene rings is 1. The molecular weight excluding hydrogens is 345 g/mol. The largest absolute Gasteiger partial charge is 0.418 e. The highest BCUT2D eigenvalue weighted by Crippen LogP contribution is 2.36. The van der Waals surface area contributed by atoms with Gasteiger partial charge in [-0.3, -0.25) is 0 Å². The molecule has 0 radical (unpaired) electrons. The minimum atomic E-state index is -4.37. The Kier molecular flexibility index (Phi) is 4.98. The fourth-order valence-corrected chi connectivity index (χ4v) is 2.46. The molecular formula is C15H16BrF3N2. The van der Waals surface area contributed by atoms with Crippen molar-refractivity contribution < 1.29 is 13.2 Å². The van der Waals surface area contributed by atoms with Crippen LogP contribution in [0.1, 0.15) is 24.5 Å². The van der Waals surface area contributed by atoms with Gasteiger partial charge in [0.15, 0.2) is 0 Å². The zero-order valence-electron chi connectivity index (χ0n) is 11.5. The van der Waals surface area contributed by atoms with E-state index in [1.54, 1.807) is 6.07 Å². The Labute approximate surface area is 130 Å². The van der Waals surface area contributed by atoms with E-state index >= 15 is 0 Å². The van der Waals surface area contributed by atoms with Gasteiger partial charge in [-0.05, 0) is 36.2 Å². The lowest BCUT2D eigenvalue weighted by atomic mass is 10.1. The molecule has 21 heavy (non-hydrogen) atoms. The molecule has 0 saturated carbocycles. The van der Waals surface area contributed by atoms with Gasteiger partial charge in [-0.15, -0.1) is 0 Å². The molecule has 0 aliphatic rings. The number of nitrogens with zero attached hydrogens (tertiary/aromatic N) is 1. The van der Waals surface area contributed by atoms with Crippen LogP contribution in [0.25, 0.3) is 0 Å². The number of halogens is 4. The van der Waals surface area contributed by atoms with Crippen molar-refractivity contribution in [2.45, 2.75) is 32.6 Å². The summed E-state index contributed by atoms with van der Waals surface area (Å²) in [6.45, 7) is 3.35. The van der Waals surface area contributed by atoms with E-state index in [-0.39, 0.29) is 5.69 Å². The van der Waals surface area contributed by atoms with Gasteiger partial charge in [0.1, 0.15) is 0 Å². The maximum atomic E-state index is 13.0. The van der Waals surface area contributed by atoms with Crippen LogP contribution in [-0.2, 0) is 19.3 Å². The highest BCUT2D eigenvalue weighted by molar-refractivity contribution is 9.10. The first-order valence-corrected chi connectivity index (χ1v) is 7.44. The second-order valence-electron chi connectivity index (χ2n) is 4.80.